The molecule has 136 valence electrons. The van der Waals surface area contributed by atoms with Gasteiger partial charge >= 0.3 is 21.3 Å². The molecule has 0 heterocycles. The average molecular weight is 383 g/mol. The van der Waals surface area contributed by atoms with Gasteiger partial charge in [-0.3, -0.25) is 9.13 Å². The summed E-state index contributed by atoms with van der Waals surface area (Å²) in [5.74, 6) is 0. The quantitative estimate of drug-likeness (QED) is 0.317. The van der Waals surface area contributed by atoms with Gasteiger partial charge in [0.15, 0.2) is 0 Å². The maximum absolute atomic E-state index is 11.5. The van der Waals surface area contributed by atoms with Gasteiger partial charge in [0.25, 0.3) is 5.08 Å². The van der Waals surface area contributed by atoms with Crippen LogP contribution in [0.5, 0.6) is 0 Å². The zero-order valence-electron chi connectivity index (χ0n) is 12.4. The Balaban J connectivity index is 3.03. The lowest BCUT2D eigenvalue weighted by atomic mass is 10.0. The number of hydrogen-bond donors (Lipinski definition) is 7. The first-order valence-electron chi connectivity index (χ1n) is 6.76. The van der Waals surface area contributed by atoms with E-state index in [0.29, 0.717) is 6.42 Å². The maximum atomic E-state index is 11.5. The molecule has 10 nitrogen and oxygen atoms in total. The molecule has 1 rings (SSSR count). The van der Waals surface area contributed by atoms with Crippen LogP contribution in [0.3, 0.4) is 0 Å². The third-order valence-corrected chi connectivity index (χ3v) is 7.33. The Morgan fingerprint density at radius 1 is 1.08 bits per heavy atom. The third-order valence-electron chi connectivity index (χ3n) is 3.42. The molecule has 0 spiro atoms. The van der Waals surface area contributed by atoms with Crippen LogP contribution in [0.15, 0.2) is 30.3 Å². The van der Waals surface area contributed by atoms with Crippen molar-refractivity contribution in [3.05, 3.63) is 35.9 Å². The molecular formula is C12H19NO9P2. The normalized spacial score (nSPS) is 14.2. The van der Waals surface area contributed by atoms with E-state index in [4.69, 9.17) is 5.11 Å². The van der Waals surface area contributed by atoms with Crippen molar-refractivity contribution in [2.45, 2.75) is 30.4 Å². The third kappa shape index (κ3) is 4.87. The molecule has 0 radical (unpaired) electrons. The van der Waals surface area contributed by atoms with E-state index in [2.05, 4.69) is 0 Å². The fourth-order valence-corrected chi connectivity index (χ4v) is 4.80. The minimum atomic E-state index is -5.77. The molecule has 0 aliphatic heterocycles. The number of amides is 1. The van der Waals surface area contributed by atoms with Crippen molar-refractivity contribution in [2.24, 2.45) is 0 Å². The maximum Gasteiger partial charge on any atom is 0.405 e. The van der Waals surface area contributed by atoms with E-state index in [1.54, 1.807) is 35.6 Å². The number of carboxylic acid groups (broad SMARTS) is 1. The molecule has 0 saturated heterocycles. The Bertz CT molecular complexity index is 632. The Kier molecular flexibility index (Phi) is 6.72. The molecule has 7 N–H and O–H groups in total. The van der Waals surface area contributed by atoms with Crippen LogP contribution in [0.25, 0.3) is 0 Å². The van der Waals surface area contributed by atoms with Crippen molar-refractivity contribution in [3.8, 4) is 0 Å². The Morgan fingerprint density at radius 3 is 2.00 bits per heavy atom. The van der Waals surface area contributed by atoms with Crippen molar-refractivity contribution in [3.63, 3.8) is 0 Å². The zero-order valence-corrected chi connectivity index (χ0v) is 14.2. The van der Waals surface area contributed by atoms with Crippen LogP contribution in [0.1, 0.15) is 18.4 Å². The van der Waals surface area contributed by atoms with Crippen molar-refractivity contribution in [1.82, 2.24) is 5.32 Å². The summed E-state index contributed by atoms with van der Waals surface area (Å²) < 4.78 is 23.0. The topological polar surface area (TPSA) is 185 Å². The van der Waals surface area contributed by atoms with Crippen LogP contribution in [-0.4, -0.2) is 47.0 Å². The van der Waals surface area contributed by atoms with Gasteiger partial charge in [-0.1, -0.05) is 30.3 Å². The smallest absolute Gasteiger partial charge is 0.405 e. The molecule has 0 aliphatic rings. The number of aryl methyl sites for hydroxylation is 1. The predicted octanol–water partition coefficient (Wildman–Crippen LogP) is 0.647. The average Bonchev–Trinajstić information content (AvgIpc) is 2.43. The number of benzene rings is 1. The number of hydrogen-bond acceptors (Lipinski definition) is 4. The van der Waals surface area contributed by atoms with E-state index in [1.165, 1.54) is 0 Å². The lowest BCUT2D eigenvalue weighted by molar-refractivity contribution is 0.0886. The number of nitrogens with one attached hydrogen (secondary N) is 1. The van der Waals surface area contributed by atoms with E-state index in [1.807, 2.05) is 0 Å². The number of carbonyl (C=O) groups is 1. The summed E-state index contributed by atoms with van der Waals surface area (Å²) in [5.41, 5.74) is 0.836. The van der Waals surface area contributed by atoms with Gasteiger partial charge in [0.2, 0.25) is 0 Å². The van der Waals surface area contributed by atoms with Crippen molar-refractivity contribution in [1.29, 1.82) is 0 Å². The minimum absolute atomic E-state index is 0.122. The summed E-state index contributed by atoms with van der Waals surface area (Å²) in [5, 5.41) is 16.6. The van der Waals surface area contributed by atoms with Crippen molar-refractivity contribution in [2.75, 3.05) is 0 Å². The predicted molar refractivity (Wildman–Crippen MR) is 83.4 cm³/mol. The molecule has 0 bridgehead atoms. The van der Waals surface area contributed by atoms with Gasteiger partial charge in [0, 0.05) is 0 Å². The van der Waals surface area contributed by atoms with E-state index < -0.39 is 38.8 Å². The second kappa shape index (κ2) is 7.76. The van der Waals surface area contributed by atoms with Crippen molar-refractivity contribution < 1.29 is 43.7 Å². The molecule has 0 aromatic heterocycles. The minimum Gasteiger partial charge on any atom is -0.465 e. The molecule has 0 fully saturated rings. The fraction of sp³-hybridized carbons (Fsp3) is 0.417. The van der Waals surface area contributed by atoms with Crippen LogP contribution >= 0.6 is 15.2 Å². The molecule has 0 aliphatic carbocycles. The van der Waals surface area contributed by atoms with Crippen LogP contribution in [0.2, 0.25) is 0 Å². The second-order valence-corrected chi connectivity index (χ2v) is 9.05. The molecule has 1 amide bonds. The zero-order chi connectivity index (χ0) is 18.6. The molecule has 1 aromatic rings. The highest BCUT2D eigenvalue weighted by Crippen LogP contribution is 2.69. The summed E-state index contributed by atoms with van der Waals surface area (Å²) in [6.45, 7) is 0. The van der Waals surface area contributed by atoms with Gasteiger partial charge in [-0.15, -0.1) is 0 Å². The second-order valence-electron chi connectivity index (χ2n) is 5.16. The van der Waals surface area contributed by atoms with Crippen LogP contribution < -0.4 is 5.32 Å². The van der Waals surface area contributed by atoms with Gasteiger partial charge in [0.1, 0.15) is 0 Å². The molecule has 1 unspecified atom stereocenters. The summed E-state index contributed by atoms with van der Waals surface area (Å²) in [7, 11) is -11.5. The molecular weight excluding hydrogens is 364 g/mol. The Morgan fingerprint density at radius 2 is 1.58 bits per heavy atom. The largest absolute Gasteiger partial charge is 0.465 e. The molecule has 24 heavy (non-hydrogen) atoms. The molecule has 1 aromatic carbocycles. The summed E-state index contributed by atoms with van der Waals surface area (Å²) in [4.78, 5) is 47.6. The van der Waals surface area contributed by atoms with Gasteiger partial charge in [-0.25, -0.2) is 4.79 Å². The van der Waals surface area contributed by atoms with E-state index in [-0.39, 0.29) is 6.42 Å². The van der Waals surface area contributed by atoms with Crippen LogP contribution in [-0.2, 0) is 15.6 Å². The highest BCUT2D eigenvalue weighted by Gasteiger charge is 2.64. The first kappa shape index (κ1) is 20.8. The first-order valence-corrected chi connectivity index (χ1v) is 9.99. The molecule has 0 saturated carbocycles. The van der Waals surface area contributed by atoms with Crippen LogP contribution in [0.4, 0.5) is 4.79 Å². The van der Waals surface area contributed by atoms with Crippen LogP contribution in [0, 0.1) is 0 Å². The SMILES string of the molecule is O=C(O)NC(CCCc1ccccc1)C(O)(P(=O)(O)O)P(=O)(O)O. The highest BCUT2D eigenvalue weighted by atomic mass is 31.2. The summed E-state index contributed by atoms with van der Waals surface area (Å²) in [6.07, 6.45) is -1.69. The van der Waals surface area contributed by atoms with E-state index >= 15 is 0 Å². The lowest BCUT2D eigenvalue weighted by Crippen LogP contribution is -2.52. The molecule has 12 heteroatoms. The van der Waals surface area contributed by atoms with E-state index in [0.717, 1.165) is 5.56 Å². The summed E-state index contributed by atoms with van der Waals surface area (Å²) in [6, 6.07) is 6.75. The first-order chi connectivity index (χ1) is 10.9. The van der Waals surface area contributed by atoms with E-state index in [9.17, 15) is 38.6 Å². The number of rotatable bonds is 8. The van der Waals surface area contributed by atoms with Gasteiger partial charge < -0.3 is 35.1 Å². The van der Waals surface area contributed by atoms with Crippen molar-refractivity contribution >= 4 is 21.3 Å². The Hall–Kier alpha value is -1.25. The van der Waals surface area contributed by atoms with Gasteiger partial charge in [-0.05, 0) is 24.8 Å². The number of aliphatic hydroxyl groups is 1. The van der Waals surface area contributed by atoms with Gasteiger partial charge in [-0.2, -0.15) is 0 Å². The highest BCUT2D eigenvalue weighted by molar-refractivity contribution is 7.72. The standard InChI is InChI=1S/C12H19NO9P2/c14-11(15)13-10(8-4-7-9-5-2-1-3-6-9)12(16,23(17,18)19)24(20,21)22/h1-3,5-6,10,13,16H,4,7-8H2,(H,14,15)(H2,17,18,19)(H2,20,21,22). The summed E-state index contributed by atoms with van der Waals surface area (Å²) >= 11 is 0. The fourth-order valence-electron chi connectivity index (χ4n) is 2.24. The Labute approximate surface area is 137 Å². The van der Waals surface area contributed by atoms with Gasteiger partial charge in [0.05, 0.1) is 6.04 Å². The monoisotopic (exact) mass is 383 g/mol. The lowest BCUT2D eigenvalue weighted by Gasteiger charge is -2.36. The molecule has 1 atom stereocenters.